The lowest BCUT2D eigenvalue weighted by atomic mass is 9.93. The van der Waals surface area contributed by atoms with E-state index >= 15 is 0 Å². The summed E-state index contributed by atoms with van der Waals surface area (Å²) >= 11 is 5.97. The van der Waals surface area contributed by atoms with Crippen molar-refractivity contribution >= 4 is 17.2 Å². The number of likely N-dealkylation sites (tertiary alicyclic amines) is 1. The zero-order valence-corrected chi connectivity index (χ0v) is 15.6. The average Bonchev–Trinajstić information content (AvgIpc) is 2.97. The van der Waals surface area contributed by atoms with E-state index in [1.807, 2.05) is 0 Å². The molecule has 1 aliphatic rings. The standard InChI is InChI=1S/C21H22ClN3O/c1-15-17(11-16-5-3-2-4-6-16)9-10-24(15)14-19-12-21(26)25-13-18(22)7-8-20(25)23-19/h2-8,12-13,15,17H,9-11,14H2,1H3. The molecular formula is C21H22ClN3O. The number of nitrogens with zero attached hydrogens (tertiary/aromatic N) is 3. The molecule has 1 saturated heterocycles. The van der Waals surface area contributed by atoms with Gasteiger partial charge in [0.1, 0.15) is 5.65 Å². The Labute approximate surface area is 158 Å². The Morgan fingerprint density at radius 2 is 2.00 bits per heavy atom. The van der Waals surface area contributed by atoms with Gasteiger partial charge in [-0.3, -0.25) is 14.1 Å². The maximum Gasteiger partial charge on any atom is 0.258 e. The molecule has 0 N–H and O–H groups in total. The summed E-state index contributed by atoms with van der Waals surface area (Å²) in [5.41, 5.74) is 2.78. The lowest BCUT2D eigenvalue weighted by Gasteiger charge is -2.24. The van der Waals surface area contributed by atoms with Gasteiger partial charge in [-0.15, -0.1) is 0 Å². The van der Waals surface area contributed by atoms with E-state index in [2.05, 4.69) is 47.1 Å². The molecule has 4 nitrogen and oxygen atoms in total. The molecule has 3 aromatic rings. The second kappa shape index (κ2) is 7.22. The lowest BCUT2D eigenvalue weighted by molar-refractivity contribution is 0.230. The van der Waals surface area contributed by atoms with Crippen LogP contribution in [0.5, 0.6) is 0 Å². The van der Waals surface area contributed by atoms with Crippen LogP contribution in [0.2, 0.25) is 5.02 Å². The van der Waals surface area contributed by atoms with Crippen molar-refractivity contribution in [3.8, 4) is 0 Å². The molecule has 5 heteroatoms. The highest BCUT2D eigenvalue weighted by atomic mass is 35.5. The van der Waals surface area contributed by atoms with Crippen molar-refractivity contribution in [3.63, 3.8) is 0 Å². The summed E-state index contributed by atoms with van der Waals surface area (Å²) in [5, 5.41) is 0.533. The molecule has 4 rings (SSSR count). The summed E-state index contributed by atoms with van der Waals surface area (Å²) in [7, 11) is 0. The highest BCUT2D eigenvalue weighted by molar-refractivity contribution is 6.30. The molecule has 0 bridgehead atoms. The molecule has 0 saturated carbocycles. The van der Waals surface area contributed by atoms with E-state index in [0.29, 0.717) is 29.2 Å². The average molecular weight is 368 g/mol. The molecule has 26 heavy (non-hydrogen) atoms. The Hall–Kier alpha value is -2.17. The zero-order valence-electron chi connectivity index (χ0n) is 14.8. The van der Waals surface area contributed by atoms with E-state index in [1.165, 1.54) is 16.4 Å². The Bertz CT molecular complexity index is 970. The summed E-state index contributed by atoms with van der Waals surface area (Å²) in [6, 6.07) is 16.3. The Morgan fingerprint density at radius 1 is 1.19 bits per heavy atom. The molecule has 1 aromatic carbocycles. The van der Waals surface area contributed by atoms with Gasteiger partial charge in [0.05, 0.1) is 10.7 Å². The molecule has 0 radical (unpaired) electrons. The third-order valence-corrected chi connectivity index (χ3v) is 5.65. The van der Waals surface area contributed by atoms with Gasteiger partial charge < -0.3 is 0 Å². The van der Waals surface area contributed by atoms with E-state index in [1.54, 1.807) is 24.4 Å². The fourth-order valence-corrected chi connectivity index (χ4v) is 4.06. The largest absolute Gasteiger partial charge is 0.295 e. The number of benzene rings is 1. The van der Waals surface area contributed by atoms with Crippen LogP contribution in [0.15, 0.2) is 59.5 Å². The van der Waals surface area contributed by atoms with Gasteiger partial charge in [0.25, 0.3) is 5.56 Å². The minimum atomic E-state index is -0.0832. The molecule has 2 atom stereocenters. The third-order valence-electron chi connectivity index (χ3n) is 5.43. The minimum Gasteiger partial charge on any atom is -0.295 e. The van der Waals surface area contributed by atoms with Gasteiger partial charge in [0.15, 0.2) is 0 Å². The van der Waals surface area contributed by atoms with Crippen molar-refractivity contribution in [2.75, 3.05) is 6.54 Å². The van der Waals surface area contributed by atoms with Crippen LogP contribution in [0.1, 0.15) is 24.6 Å². The molecule has 0 spiro atoms. The topological polar surface area (TPSA) is 37.6 Å². The molecule has 0 aliphatic carbocycles. The zero-order chi connectivity index (χ0) is 18.1. The van der Waals surface area contributed by atoms with Crippen LogP contribution in [-0.2, 0) is 13.0 Å². The summed E-state index contributed by atoms with van der Waals surface area (Å²) in [6.45, 7) is 4.04. The molecule has 0 amide bonds. The molecule has 3 heterocycles. The van der Waals surface area contributed by atoms with Crippen molar-refractivity contribution in [2.45, 2.75) is 32.4 Å². The van der Waals surface area contributed by atoms with Crippen molar-refractivity contribution in [3.05, 3.63) is 81.4 Å². The van der Waals surface area contributed by atoms with Crippen LogP contribution in [0.3, 0.4) is 0 Å². The second-order valence-electron chi connectivity index (χ2n) is 7.11. The van der Waals surface area contributed by atoms with Crippen molar-refractivity contribution in [1.82, 2.24) is 14.3 Å². The van der Waals surface area contributed by atoms with E-state index in [-0.39, 0.29) is 5.56 Å². The Morgan fingerprint density at radius 3 is 2.81 bits per heavy atom. The highest BCUT2D eigenvalue weighted by Gasteiger charge is 2.30. The molecule has 1 aliphatic heterocycles. The smallest absolute Gasteiger partial charge is 0.258 e. The summed E-state index contributed by atoms with van der Waals surface area (Å²) < 4.78 is 1.50. The number of halogens is 1. The van der Waals surface area contributed by atoms with Crippen molar-refractivity contribution in [1.29, 1.82) is 0 Å². The highest BCUT2D eigenvalue weighted by Crippen LogP contribution is 2.28. The quantitative estimate of drug-likeness (QED) is 0.703. The first-order valence-corrected chi connectivity index (χ1v) is 9.44. The molecule has 134 valence electrons. The maximum absolute atomic E-state index is 12.4. The minimum absolute atomic E-state index is 0.0832. The first kappa shape index (κ1) is 17.3. The van der Waals surface area contributed by atoms with Crippen LogP contribution < -0.4 is 5.56 Å². The summed E-state index contributed by atoms with van der Waals surface area (Å²) in [6.07, 6.45) is 3.90. The van der Waals surface area contributed by atoms with Gasteiger partial charge in [-0.25, -0.2) is 4.98 Å². The molecule has 1 fully saturated rings. The summed E-state index contributed by atoms with van der Waals surface area (Å²) in [4.78, 5) is 19.4. The normalized spacial score (nSPS) is 20.7. The van der Waals surface area contributed by atoms with E-state index in [9.17, 15) is 4.79 Å². The van der Waals surface area contributed by atoms with Crippen molar-refractivity contribution in [2.24, 2.45) is 5.92 Å². The number of aromatic nitrogens is 2. The van der Waals surface area contributed by atoms with Gasteiger partial charge >= 0.3 is 0 Å². The first-order chi connectivity index (χ1) is 12.6. The molecular weight excluding hydrogens is 346 g/mol. The van der Waals surface area contributed by atoms with Gasteiger partial charge in [-0.05, 0) is 49.9 Å². The maximum atomic E-state index is 12.4. The predicted octanol–water partition coefficient (Wildman–Crippen LogP) is 3.80. The number of rotatable bonds is 4. The number of hydrogen-bond acceptors (Lipinski definition) is 3. The van der Waals surface area contributed by atoms with Gasteiger partial charge in [-0.2, -0.15) is 0 Å². The first-order valence-electron chi connectivity index (χ1n) is 9.06. The van der Waals surface area contributed by atoms with E-state index in [4.69, 9.17) is 11.6 Å². The Kier molecular flexibility index (Phi) is 4.79. The van der Waals surface area contributed by atoms with Gasteiger partial charge in [-0.1, -0.05) is 41.9 Å². The van der Waals surface area contributed by atoms with Crippen LogP contribution in [0.4, 0.5) is 0 Å². The fourth-order valence-electron chi connectivity index (χ4n) is 3.90. The number of hydrogen-bond donors (Lipinski definition) is 0. The monoisotopic (exact) mass is 367 g/mol. The van der Waals surface area contributed by atoms with E-state index < -0.39 is 0 Å². The lowest BCUT2D eigenvalue weighted by Crippen LogP contribution is -2.31. The number of fused-ring (bicyclic) bond motifs is 1. The Balaban J connectivity index is 1.50. The van der Waals surface area contributed by atoms with Crippen LogP contribution >= 0.6 is 11.6 Å². The molecule has 2 aromatic heterocycles. The summed E-state index contributed by atoms with van der Waals surface area (Å²) in [5.74, 6) is 0.637. The van der Waals surface area contributed by atoms with Crippen LogP contribution in [0.25, 0.3) is 5.65 Å². The van der Waals surface area contributed by atoms with E-state index in [0.717, 1.165) is 18.7 Å². The van der Waals surface area contributed by atoms with Crippen LogP contribution in [-0.4, -0.2) is 26.9 Å². The van der Waals surface area contributed by atoms with Gasteiger partial charge in [0, 0.05) is 24.8 Å². The predicted molar refractivity (Wildman–Crippen MR) is 105 cm³/mol. The fraction of sp³-hybridized carbons (Fsp3) is 0.333. The van der Waals surface area contributed by atoms with Gasteiger partial charge in [0.2, 0.25) is 0 Å². The second-order valence-corrected chi connectivity index (χ2v) is 7.55. The van der Waals surface area contributed by atoms with Crippen LogP contribution in [0, 0.1) is 5.92 Å². The molecule has 2 unspecified atom stereocenters. The van der Waals surface area contributed by atoms with Crippen molar-refractivity contribution < 1.29 is 0 Å². The third kappa shape index (κ3) is 3.53. The SMILES string of the molecule is CC1C(Cc2ccccc2)CCN1Cc1cc(=O)n2cc(Cl)ccc2n1. The number of pyridine rings is 1.